The van der Waals surface area contributed by atoms with Crippen molar-refractivity contribution in [2.45, 2.75) is 83.9 Å². The lowest BCUT2D eigenvalue weighted by atomic mass is 9.73. The Labute approximate surface area is 196 Å². The molecule has 1 aliphatic carbocycles. The first-order valence-electron chi connectivity index (χ1n) is 12.4. The van der Waals surface area contributed by atoms with Gasteiger partial charge >= 0.3 is 6.09 Å². The third-order valence-corrected chi connectivity index (χ3v) is 7.69. The van der Waals surface area contributed by atoms with E-state index in [1.807, 2.05) is 35.0 Å². The van der Waals surface area contributed by atoms with E-state index >= 15 is 0 Å². The topological polar surface area (TPSA) is 91.5 Å². The van der Waals surface area contributed by atoms with E-state index in [1.165, 1.54) is 6.42 Å². The van der Waals surface area contributed by atoms with Gasteiger partial charge in [-0.1, -0.05) is 70.4 Å². The number of amides is 1. The van der Waals surface area contributed by atoms with Crippen molar-refractivity contribution in [1.29, 1.82) is 0 Å². The highest BCUT2D eigenvalue weighted by Gasteiger charge is 2.44. The summed E-state index contributed by atoms with van der Waals surface area (Å²) in [6, 6.07) is 9.81. The average molecular weight is 455 g/mol. The molecular weight excluding hydrogens is 416 g/mol. The number of carboxylic acid groups (broad SMARTS) is 1. The highest BCUT2D eigenvalue weighted by molar-refractivity contribution is 5.65. The highest BCUT2D eigenvalue weighted by Crippen LogP contribution is 2.43. The maximum absolute atomic E-state index is 12.0. The maximum Gasteiger partial charge on any atom is 0.407 e. The molecule has 3 unspecified atom stereocenters. The van der Waals surface area contributed by atoms with E-state index in [-0.39, 0.29) is 17.4 Å². The van der Waals surface area contributed by atoms with Crippen LogP contribution in [0, 0.1) is 17.3 Å². The van der Waals surface area contributed by atoms with Gasteiger partial charge in [-0.15, -0.1) is 0 Å². The molecule has 2 aliphatic rings. The van der Waals surface area contributed by atoms with Crippen LogP contribution >= 0.6 is 0 Å². The fourth-order valence-electron chi connectivity index (χ4n) is 5.84. The molecule has 1 aromatic carbocycles. The molecule has 1 aromatic heterocycles. The molecule has 180 valence electrons. The second-order valence-electron chi connectivity index (χ2n) is 11.0. The summed E-state index contributed by atoms with van der Waals surface area (Å²) in [6.07, 6.45) is 7.91. The first-order chi connectivity index (χ1) is 15.7. The summed E-state index contributed by atoms with van der Waals surface area (Å²) < 4.78 is 1.85. The summed E-state index contributed by atoms with van der Waals surface area (Å²) in [6.45, 7) is 7.54. The highest BCUT2D eigenvalue weighted by atomic mass is 16.4. The molecule has 0 spiro atoms. The number of nitrogens with zero attached hydrogens (tertiary/aromatic N) is 4. The normalized spacial score (nSPS) is 24.4. The van der Waals surface area contributed by atoms with Crippen LogP contribution in [-0.4, -0.2) is 48.6 Å². The summed E-state index contributed by atoms with van der Waals surface area (Å²) in [5.74, 6) is 0.906. The number of benzene rings is 1. The van der Waals surface area contributed by atoms with Crippen LogP contribution in [-0.2, 0) is 12.1 Å². The van der Waals surface area contributed by atoms with E-state index in [0.717, 1.165) is 44.1 Å². The number of aliphatic hydroxyl groups is 1. The van der Waals surface area contributed by atoms with Crippen molar-refractivity contribution in [1.82, 2.24) is 19.7 Å². The molecule has 2 heterocycles. The summed E-state index contributed by atoms with van der Waals surface area (Å²) in [7, 11) is 0. The number of carbonyl (C=O) groups is 1. The monoisotopic (exact) mass is 454 g/mol. The third kappa shape index (κ3) is 4.93. The van der Waals surface area contributed by atoms with Gasteiger partial charge in [0, 0.05) is 19.1 Å². The van der Waals surface area contributed by atoms with Crippen molar-refractivity contribution in [2.75, 3.05) is 6.54 Å². The molecule has 7 nitrogen and oxygen atoms in total. The summed E-state index contributed by atoms with van der Waals surface area (Å²) in [5.41, 5.74) is -0.454. The standard InChI is InChI=1S/C26H38N4O3/c1-25(2,3)22-16-19(14-15-30(22)24(31)32)17-29-18-27-23(28-29)26(33,20-10-6-4-7-11-20)21-12-8-5-9-13-21/h4,6-7,10-11,18-19,21-22,33H,5,8-9,12-17H2,1-3H3,(H,31,32). The van der Waals surface area contributed by atoms with Crippen LogP contribution in [0.1, 0.15) is 77.1 Å². The molecule has 0 bridgehead atoms. The van der Waals surface area contributed by atoms with Crippen LogP contribution in [0.25, 0.3) is 0 Å². The van der Waals surface area contributed by atoms with E-state index in [0.29, 0.717) is 24.8 Å². The van der Waals surface area contributed by atoms with Gasteiger partial charge in [0.2, 0.25) is 0 Å². The van der Waals surface area contributed by atoms with Gasteiger partial charge in [-0.2, -0.15) is 5.10 Å². The van der Waals surface area contributed by atoms with E-state index in [1.54, 1.807) is 11.2 Å². The van der Waals surface area contributed by atoms with Crippen LogP contribution in [0.15, 0.2) is 36.7 Å². The van der Waals surface area contributed by atoms with Gasteiger partial charge in [0.1, 0.15) is 6.33 Å². The van der Waals surface area contributed by atoms with Gasteiger partial charge in [0.05, 0.1) is 0 Å². The Balaban J connectivity index is 1.55. The lowest BCUT2D eigenvalue weighted by Crippen LogP contribution is -2.52. The molecule has 2 N–H and O–H groups in total. The molecule has 1 aliphatic heterocycles. The van der Waals surface area contributed by atoms with Crippen LogP contribution in [0.3, 0.4) is 0 Å². The van der Waals surface area contributed by atoms with Crippen molar-refractivity contribution in [3.63, 3.8) is 0 Å². The predicted molar refractivity (Wildman–Crippen MR) is 127 cm³/mol. The Bertz CT molecular complexity index is 933. The Hall–Kier alpha value is -2.41. The van der Waals surface area contributed by atoms with E-state index < -0.39 is 11.7 Å². The first-order valence-corrected chi connectivity index (χ1v) is 12.4. The largest absolute Gasteiger partial charge is 0.465 e. The van der Waals surface area contributed by atoms with Crippen molar-refractivity contribution in [3.05, 3.63) is 48.0 Å². The van der Waals surface area contributed by atoms with Gasteiger partial charge in [-0.05, 0) is 48.5 Å². The van der Waals surface area contributed by atoms with Crippen LogP contribution < -0.4 is 0 Å². The van der Waals surface area contributed by atoms with Crippen LogP contribution in [0.2, 0.25) is 0 Å². The summed E-state index contributed by atoms with van der Waals surface area (Å²) in [5, 5.41) is 26.5. The number of hydrogen-bond acceptors (Lipinski definition) is 4. The zero-order valence-corrected chi connectivity index (χ0v) is 20.2. The zero-order valence-electron chi connectivity index (χ0n) is 20.2. The SMILES string of the molecule is CC(C)(C)C1CC(Cn2cnc(C(O)(c3ccccc3)C3CCCCC3)n2)CCN1C(=O)O. The Morgan fingerprint density at radius 2 is 1.79 bits per heavy atom. The number of hydrogen-bond donors (Lipinski definition) is 2. The molecule has 2 aromatic rings. The molecule has 2 fully saturated rings. The quantitative estimate of drug-likeness (QED) is 0.670. The van der Waals surface area contributed by atoms with Crippen LogP contribution in [0.4, 0.5) is 4.79 Å². The molecular formula is C26H38N4O3. The Morgan fingerprint density at radius 3 is 2.42 bits per heavy atom. The minimum Gasteiger partial charge on any atom is -0.465 e. The molecule has 3 atom stereocenters. The molecule has 0 radical (unpaired) electrons. The molecule has 4 rings (SSSR count). The van der Waals surface area contributed by atoms with Crippen molar-refractivity contribution in [3.8, 4) is 0 Å². The maximum atomic E-state index is 12.0. The van der Waals surface area contributed by atoms with Crippen molar-refractivity contribution in [2.24, 2.45) is 17.3 Å². The second kappa shape index (κ2) is 9.45. The Kier molecular flexibility index (Phi) is 6.80. The summed E-state index contributed by atoms with van der Waals surface area (Å²) >= 11 is 0. The number of rotatable bonds is 5. The first kappa shape index (κ1) is 23.7. The zero-order chi connectivity index (χ0) is 23.6. The predicted octanol–water partition coefficient (Wildman–Crippen LogP) is 4.90. The van der Waals surface area contributed by atoms with Gasteiger partial charge in [-0.3, -0.25) is 4.68 Å². The van der Waals surface area contributed by atoms with Crippen LogP contribution in [0.5, 0.6) is 0 Å². The minimum atomic E-state index is -1.19. The second-order valence-corrected chi connectivity index (χ2v) is 11.0. The number of piperidine rings is 1. The molecule has 7 heteroatoms. The smallest absolute Gasteiger partial charge is 0.407 e. The van der Waals surface area contributed by atoms with Gasteiger partial charge in [0.25, 0.3) is 0 Å². The van der Waals surface area contributed by atoms with E-state index in [9.17, 15) is 15.0 Å². The lowest BCUT2D eigenvalue weighted by Gasteiger charge is -2.44. The molecule has 1 saturated heterocycles. The number of likely N-dealkylation sites (tertiary alicyclic amines) is 1. The lowest BCUT2D eigenvalue weighted by molar-refractivity contribution is -0.00879. The van der Waals surface area contributed by atoms with E-state index in [2.05, 4.69) is 25.8 Å². The summed E-state index contributed by atoms with van der Waals surface area (Å²) in [4.78, 5) is 18.0. The average Bonchev–Trinajstić information content (AvgIpc) is 3.28. The number of aromatic nitrogens is 3. The molecule has 33 heavy (non-hydrogen) atoms. The van der Waals surface area contributed by atoms with Gasteiger partial charge in [-0.25, -0.2) is 9.78 Å². The minimum absolute atomic E-state index is 0.0276. The van der Waals surface area contributed by atoms with Crippen molar-refractivity contribution >= 4 is 6.09 Å². The molecule has 1 amide bonds. The van der Waals surface area contributed by atoms with Gasteiger partial charge in [0.15, 0.2) is 11.4 Å². The third-order valence-electron chi connectivity index (χ3n) is 7.69. The fraction of sp³-hybridized carbons (Fsp3) is 0.654. The fourth-order valence-corrected chi connectivity index (χ4v) is 5.84. The van der Waals surface area contributed by atoms with E-state index in [4.69, 9.17) is 5.10 Å². The van der Waals surface area contributed by atoms with Gasteiger partial charge < -0.3 is 15.1 Å². The van der Waals surface area contributed by atoms with Crippen molar-refractivity contribution < 1.29 is 15.0 Å². The Morgan fingerprint density at radius 1 is 1.09 bits per heavy atom. The molecule has 1 saturated carbocycles.